The van der Waals surface area contributed by atoms with Gasteiger partial charge in [-0.05, 0) is 47.4 Å². The van der Waals surface area contributed by atoms with E-state index in [0.717, 1.165) is 53.9 Å². The fourth-order valence-electron chi connectivity index (χ4n) is 3.28. The second-order valence-electron chi connectivity index (χ2n) is 6.70. The number of alkyl halides is 3. The van der Waals surface area contributed by atoms with Crippen LogP contribution < -0.4 is 0 Å². The summed E-state index contributed by atoms with van der Waals surface area (Å²) in [5, 5.41) is 6.88. The molecule has 0 spiro atoms. The van der Waals surface area contributed by atoms with Gasteiger partial charge in [-0.15, -0.1) is 10.2 Å². The van der Waals surface area contributed by atoms with Gasteiger partial charge in [-0.25, -0.2) is 0 Å². The Bertz CT molecular complexity index is 961. The smallest absolute Gasteiger partial charge is 0.379 e. The van der Waals surface area contributed by atoms with E-state index in [0.29, 0.717) is 5.56 Å². The first-order valence-electron chi connectivity index (χ1n) is 8.74. The summed E-state index contributed by atoms with van der Waals surface area (Å²) in [6.45, 7) is 6.05. The molecule has 5 nitrogen and oxygen atoms in total. The Labute approximate surface area is 154 Å². The second-order valence-corrected chi connectivity index (χ2v) is 6.70. The van der Waals surface area contributed by atoms with Gasteiger partial charge in [0.25, 0.3) is 0 Å². The van der Waals surface area contributed by atoms with Crippen molar-refractivity contribution in [2.45, 2.75) is 19.6 Å². The van der Waals surface area contributed by atoms with E-state index in [4.69, 9.17) is 4.74 Å². The number of aryl methyl sites for hydroxylation is 1. The van der Waals surface area contributed by atoms with E-state index >= 15 is 0 Å². The maximum Gasteiger partial charge on any atom is 0.452 e. The number of benzene rings is 1. The zero-order valence-corrected chi connectivity index (χ0v) is 14.8. The molecule has 0 bridgehead atoms. The largest absolute Gasteiger partial charge is 0.452 e. The van der Waals surface area contributed by atoms with Crippen LogP contribution in [-0.4, -0.2) is 45.8 Å². The number of hydrogen-bond acceptors (Lipinski definition) is 4. The van der Waals surface area contributed by atoms with Gasteiger partial charge in [0.1, 0.15) is 0 Å². The molecule has 1 aliphatic heterocycles. The molecule has 8 heteroatoms. The highest BCUT2D eigenvalue weighted by Gasteiger charge is 2.36. The van der Waals surface area contributed by atoms with Gasteiger partial charge < -0.3 is 4.74 Å². The van der Waals surface area contributed by atoms with Crippen LogP contribution in [0.15, 0.2) is 36.5 Å². The van der Waals surface area contributed by atoms with Crippen LogP contribution in [0.4, 0.5) is 13.2 Å². The van der Waals surface area contributed by atoms with Crippen LogP contribution in [-0.2, 0) is 17.5 Å². The van der Waals surface area contributed by atoms with E-state index in [1.54, 1.807) is 12.1 Å². The summed E-state index contributed by atoms with van der Waals surface area (Å²) < 4.78 is 45.8. The number of morpholine rings is 1. The molecule has 4 rings (SSSR count). The minimum absolute atomic E-state index is 0.173. The zero-order valence-electron chi connectivity index (χ0n) is 14.8. The molecule has 1 aliphatic rings. The third-order valence-corrected chi connectivity index (χ3v) is 4.84. The summed E-state index contributed by atoms with van der Waals surface area (Å²) in [7, 11) is 0. The van der Waals surface area contributed by atoms with Crippen molar-refractivity contribution in [3.63, 3.8) is 0 Å². The van der Waals surface area contributed by atoms with E-state index in [2.05, 4.69) is 15.1 Å². The number of halogens is 3. The predicted octanol–water partition coefficient (Wildman–Crippen LogP) is 3.56. The van der Waals surface area contributed by atoms with Crippen molar-refractivity contribution in [1.82, 2.24) is 19.5 Å². The van der Waals surface area contributed by atoms with Gasteiger partial charge in [0.05, 0.1) is 13.2 Å². The van der Waals surface area contributed by atoms with Crippen molar-refractivity contribution >= 4 is 5.65 Å². The summed E-state index contributed by atoms with van der Waals surface area (Å²) in [5.74, 6) is -1.01. The predicted molar refractivity (Wildman–Crippen MR) is 94.3 cm³/mol. The van der Waals surface area contributed by atoms with Crippen molar-refractivity contribution in [1.29, 1.82) is 0 Å². The summed E-state index contributed by atoms with van der Waals surface area (Å²) in [4.78, 5) is 2.32. The molecule has 0 saturated carbocycles. The van der Waals surface area contributed by atoms with E-state index in [9.17, 15) is 13.2 Å². The van der Waals surface area contributed by atoms with Gasteiger partial charge in [0.15, 0.2) is 5.65 Å². The lowest BCUT2D eigenvalue weighted by molar-refractivity contribution is -0.145. The summed E-state index contributed by atoms with van der Waals surface area (Å²) in [6.07, 6.45) is -3.10. The summed E-state index contributed by atoms with van der Waals surface area (Å²) >= 11 is 0. The quantitative estimate of drug-likeness (QED) is 0.701. The number of pyridine rings is 1. The number of ether oxygens (including phenoxy) is 1. The molecule has 0 N–H and O–H groups in total. The third kappa shape index (κ3) is 3.68. The summed E-state index contributed by atoms with van der Waals surface area (Å²) in [5.41, 5.74) is 4.05. The molecule has 1 fully saturated rings. The lowest BCUT2D eigenvalue weighted by Crippen LogP contribution is -2.35. The third-order valence-electron chi connectivity index (χ3n) is 4.84. The molecule has 2 aromatic heterocycles. The van der Waals surface area contributed by atoms with E-state index in [1.165, 1.54) is 6.20 Å². The van der Waals surface area contributed by atoms with Gasteiger partial charge >= 0.3 is 6.18 Å². The first-order valence-corrected chi connectivity index (χ1v) is 8.74. The maximum absolute atomic E-state index is 13.1. The Morgan fingerprint density at radius 3 is 2.52 bits per heavy atom. The minimum atomic E-state index is -4.55. The van der Waals surface area contributed by atoms with Crippen LogP contribution in [0.5, 0.6) is 0 Å². The highest BCUT2D eigenvalue weighted by molar-refractivity contribution is 5.66. The van der Waals surface area contributed by atoms with Gasteiger partial charge in [-0.3, -0.25) is 9.30 Å². The fourth-order valence-corrected chi connectivity index (χ4v) is 3.28. The molecule has 142 valence electrons. The van der Waals surface area contributed by atoms with Crippen LogP contribution >= 0.6 is 0 Å². The second kappa shape index (κ2) is 6.94. The van der Waals surface area contributed by atoms with Gasteiger partial charge in [0, 0.05) is 25.8 Å². The Kier molecular flexibility index (Phi) is 4.61. The van der Waals surface area contributed by atoms with Crippen molar-refractivity contribution < 1.29 is 17.9 Å². The van der Waals surface area contributed by atoms with Crippen molar-refractivity contribution in [2.24, 2.45) is 0 Å². The molecule has 3 aromatic rings. The molecular weight excluding hydrogens is 357 g/mol. The average Bonchev–Trinajstić information content (AvgIpc) is 3.08. The Hall–Kier alpha value is -2.45. The number of aromatic nitrogens is 3. The van der Waals surface area contributed by atoms with E-state index in [1.807, 2.05) is 25.1 Å². The van der Waals surface area contributed by atoms with Gasteiger partial charge in [-0.2, -0.15) is 13.2 Å². The van der Waals surface area contributed by atoms with Crippen LogP contribution in [0.2, 0.25) is 0 Å². The van der Waals surface area contributed by atoms with Gasteiger partial charge in [-0.1, -0.05) is 12.1 Å². The number of hydrogen-bond donors (Lipinski definition) is 0. The molecule has 0 amide bonds. The van der Waals surface area contributed by atoms with E-state index < -0.39 is 12.0 Å². The highest BCUT2D eigenvalue weighted by Crippen LogP contribution is 2.30. The highest BCUT2D eigenvalue weighted by atomic mass is 19.4. The molecule has 3 heterocycles. The minimum Gasteiger partial charge on any atom is -0.379 e. The molecule has 0 radical (unpaired) electrons. The average molecular weight is 376 g/mol. The zero-order chi connectivity index (χ0) is 19.0. The molecule has 0 aliphatic carbocycles. The summed E-state index contributed by atoms with van der Waals surface area (Å²) in [6, 6.07) is 9.30. The number of rotatable bonds is 3. The van der Waals surface area contributed by atoms with E-state index in [-0.39, 0.29) is 5.65 Å². The standard InChI is InChI=1S/C19H19F3N4O/c1-13-2-3-14(10-16(13)11-25-6-8-27-9-7-25)15-4-5-17-23-24-18(19(20,21)22)26(17)12-15/h2-5,10,12H,6-9,11H2,1H3. The fraction of sp³-hybridized carbons (Fsp3) is 0.368. The van der Waals surface area contributed by atoms with Crippen molar-refractivity contribution in [2.75, 3.05) is 26.3 Å². The van der Waals surface area contributed by atoms with Crippen molar-refractivity contribution in [3.8, 4) is 11.1 Å². The lowest BCUT2D eigenvalue weighted by atomic mass is 10.0. The van der Waals surface area contributed by atoms with Gasteiger partial charge in [0.2, 0.25) is 5.82 Å². The first-order chi connectivity index (χ1) is 12.9. The normalized spacial score (nSPS) is 16.1. The molecule has 0 atom stereocenters. The molecule has 1 aromatic carbocycles. The van der Waals surface area contributed by atoms with Crippen LogP contribution in [0.3, 0.4) is 0 Å². The topological polar surface area (TPSA) is 42.7 Å². The molecule has 1 saturated heterocycles. The maximum atomic E-state index is 13.1. The molecule has 0 unspecified atom stereocenters. The monoisotopic (exact) mass is 376 g/mol. The number of nitrogens with zero attached hydrogens (tertiary/aromatic N) is 4. The van der Waals surface area contributed by atoms with Crippen LogP contribution in [0.1, 0.15) is 17.0 Å². The Morgan fingerprint density at radius 1 is 1.04 bits per heavy atom. The SMILES string of the molecule is Cc1ccc(-c2ccc3nnc(C(F)(F)F)n3c2)cc1CN1CCOCC1. The van der Waals surface area contributed by atoms with Crippen LogP contribution in [0, 0.1) is 6.92 Å². The van der Waals surface area contributed by atoms with Crippen molar-refractivity contribution in [3.05, 3.63) is 53.5 Å². The first kappa shape index (κ1) is 17.9. The number of fused-ring (bicyclic) bond motifs is 1. The molecular formula is C19H19F3N4O. The van der Waals surface area contributed by atoms with Crippen LogP contribution in [0.25, 0.3) is 16.8 Å². The Morgan fingerprint density at radius 2 is 1.78 bits per heavy atom. The lowest BCUT2D eigenvalue weighted by Gasteiger charge is -2.27. The Balaban J connectivity index is 1.69. The molecule has 27 heavy (non-hydrogen) atoms.